The molecule has 1 rings (SSSR count). The number of unbranched alkanes of at least 4 members (excludes halogenated alkanes) is 3. The molecule has 0 aliphatic carbocycles. The summed E-state index contributed by atoms with van der Waals surface area (Å²) in [5.41, 5.74) is -2.25. The van der Waals surface area contributed by atoms with Gasteiger partial charge in [-0.15, -0.1) is 0 Å². The summed E-state index contributed by atoms with van der Waals surface area (Å²) < 4.78 is 39.5. The van der Waals surface area contributed by atoms with Crippen LogP contribution in [-0.4, -0.2) is 31.2 Å². The summed E-state index contributed by atoms with van der Waals surface area (Å²) in [4.78, 5) is 12.0. The Kier molecular flexibility index (Phi) is 6.30. The monoisotopic (exact) mass is 294 g/mol. The second-order valence-corrected chi connectivity index (χ2v) is 5.73. The fourth-order valence-electron chi connectivity index (χ4n) is 2.57. The molecule has 0 saturated carbocycles. The molecule has 6 heteroatoms. The number of amides is 1. The lowest BCUT2D eigenvalue weighted by molar-refractivity contribution is -0.216. The zero-order valence-corrected chi connectivity index (χ0v) is 12.3. The quantitative estimate of drug-likeness (QED) is 0.709. The fraction of sp³-hybridized carbons (Fsp3) is 0.929. The van der Waals surface area contributed by atoms with Crippen molar-refractivity contribution in [2.45, 2.75) is 64.6 Å². The van der Waals surface area contributed by atoms with Gasteiger partial charge in [0.1, 0.15) is 0 Å². The number of carbonyl (C=O) groups is 1. The molecule has 118 valence electrons. The number of hydrogen-bond acceptors (Lipinski definition) is 2. The molecular formula is C14H25F3N2O. The van der Waals surface area contributed by atoms with Crippen LogP contribution in [0.3, 0.4) is 0 Å². The molecule has 0 radical (unpaired) electrons. The zero-order valence-electron chi connectivity index (χ0n) is 12.3. The first-order valence-corrected chi connectivity index (χ1v) is 7.42. The Hall–Kier alpha value is -0.780. The van der Waals surface area contributed by atoms with Gasteiger partial charge in [-0.3, -0.25) is 4.79 Å². The average molecular weight is 294 g/mol. The third-order valence-electron chi connectivity index (χ3n) is 4.00. The van der Waals surface area contributed by atoms with Gasteiger partial charge in [-0.2, -0.15) is 13.2 Å². The van der Waals surface area contributed by atoms with E-state index >= 15 is 0 Å². The van der Waals surface area contributed by atoms with Gasteiger partial charge in [0.15, 0.2) is 5.41 Å². The molecule has 0 aromatic carbocycles. The standard InChI is InChI=1S/C14H25F3N2O/c1-3-4-5-6-7-11(2)19-12(20)13(14(15,16)17)8-9-18-10-13/h11,18H,3-10H2,1-2H3,(H,19,20). The van der Waals surface area contributed by atoms with E-state index in [0.717, 1.165) is 32.1 Å². The predicted molar refractivity (Wildman–Crippen MR) is 72.3 cm³/mol. The van der Waals surface area contributed by atoms with Crippen LogP contribution < -0.4 is 10.6 Å². The number of nitrogens with one attached hydrogen (secondary N) is 2. The van der Waals surface area contributed by atoms with E-state index in [0.29, 0.717) is 0 Å². The summed E-state index contributed by atoms with van der Waals surface area (Å²) in [5, 5.41) is 5.20. The molecular weight excluding hydrogens is 269 g/mol. The lowest BCUT2D eigenvalue weighted by Gasteiger charge is -2.30. The molecule has 1 aliphatic heterocycles. The molecule has 20 heavy (non-hydrogen) atoms. The first kappa shape index (κ1) is 17.3. The molecule has 3 nitrogen and oxygen atoms in total. The van der Waals surface area contributed by atoms with Crippen LogP contribution in [0.15, 0.2) is 0 Å². The van der Waals surface area contributed by atoms with Gasteiger partial charge in [-0.1, -0.05) is 32.6 Å². The second kappa shape index (κ2) is 7.29. The largest absolute Gasteiger partial charge is 0.404 e. The van der Waals surface area contributed by atoms with E-state index in [-0.39, 0.29) is 25.6 Å². The molecule has 1 aliphatic rings. The van der Waals surface area contributed by atoms with Gasteiger partial charge in [0.2, 0.25) is 5.91 Å². The lowest BCUT2D eigenvalue weighted by atomic mass is 9.85. The average Bonchev–Trinajstić information content (AvgIpc) is 2.84. The maximum absolute atomic E-state index is 13.2. The van der Waals surface area contributed by atoms with E-state index in [4.69, 9.17) is 0 Å². The van der Waals surface area contributed by atoms with Crippen LogP contribution in [0, 0.1) is 5.41 Å². The molecule has 2 unspecified atom stereocenters. The Bertz CT molecular complexity index is 312. The topological polar surface area (TPSA) is 41.1 Å². The van der Waals surface area contributed by atoms with Crippen molar-refractivity contribution in [2.75, 3.05) is 13.1 Å². The van der Waals surface area contributed by atoms with Crippen LogP contribution in [0.4, 0.5) is 13.2 Å². The summed E-state index contributed by atoms with van der Waals surface area (Å²) in [7, 11) is 0. The minimum absolute atomic E-state index is 0.176. The minimum Gasteiger partial charge on any atom is -0.353 e. The van der Waals surface area contributed by atoms with Crippen molar-refractivity contribution >= 4 is 5.91 Å². The molecule has 1 amide bonds. The Labute approximate surface area is 118 Å². The highest BCUT2D eigenvalue weighted by molar-refractivity contribution is 5.84. The van der Waals surface area contributed by atoms with Crippen molar-refractivity contribution in [1.82, 2.24) is 10.6 Å². The first-order chi connectivity index (χ1) is 9.33. The van der Waals surface area contributed by atoms with Crippen molar-refractivity contribution < 1.29 is 18.0 Å². The smallest absolute Gasteiger partial charge is 0.353 e. The molecule has 0 bridgehead atoms. The Morgan fingerprint density at radius 3 is 2.55 bits per heavy atom. The molecule has 0 aromatic heterocycles. The van der Waals surface area contributed by atoms with Crippen molar-refractivity contribution in [1.29, 1.82) is 0 Å². The second-order valence-electron chi connectivity index (χ2n) is 5.73. The predicted octanol–water partition coefficient (Wildman–Crippen LogP) is 3.00. The van der Waals surface area contributed by atoms with Crippen LogP contribution >= 0.6 is 0 Å². The fourth-order valence-corrected chi connectivity index (χ4v) is 2.57. The molecule has 2 N–H and O–H groups in total. The van der Waals surface area contributed by atoms with Gasteiger partial charge in [-0.25, -0.2) is 0 Å². The number of rotatable bonds is 7. The maximum atomic E-state index is 13.2. The van der Waals surface area contributed by atoms with Gasteiger partial charge < -0.3 is 10.6 Å². The highest BCUT2D eigenvalue weighted by atomic mass is 19.4. The van der Waals surface area contributed by atoms with E-state index in [1.165, 1.54) is 0 Å². The van der Waals surface area contributed by atoms with Crippen LogP contribution in [-0.2, 0) is 4.79 Å². The highest BCUT2D eigenvalue weighted by Gasteiger charge is 2.61. The molecule has 1 saturated heterocycles. The van der Waals surface area contributed by atoms with Gasteiger partial charge >= 0.3 is 6.18 Å². The number of halogens is 3. The van der Waals surface area contributed by atoms with Crippen LogP contribution in [0.2, 0.25) is 0 Å². The molecule has 2 atom stereocenters. The zero-order chi connectivity index (χ0) is 15.2. The third-order valence-corrected chi connectivity index (χ3v) is 4.00. The minimum atomic E-state index is -4.50. The summed E-state index contributed by atoms with van der Waals surface area (Å²) in [6.45, 7) is 3.80. The number of hydrogen-bond donors (Lipinski definition) is 2. The lowest BCUT2D eigenvalue weighted by Crippen LogP contribution is -2.54. The summed E-state index contributed by atoms with van der Waals surface area (Å²) >= 11 is 0. The van der Waals surface area contributed by atoms with E-state index in [2.05, 4.69) is 17.6 Å². The third kappa shape index (κ3) is 4.11. The number of alkyl halides is 3. The molecule has 1 heterocycles. The van der Waals surface area contributed by atoms with E-state index in [9.17, 15) is 18.0 Å². The highest BCUT2D eigenvalue weighted by Crippen LogP contribution is 2.43. The van der Waals surface area contributed by atoms with Crippen LogP contribution in [0.25, 0.3) is 0 Å². The first-order valence-electron chi connectivity index (χ1n) is 7.42. The van der Waals surface area contributed by atoms with E-state index in [1.54, 1.807) is 6.92 Å². The summed E-state index contributed by atoms with van der Waals surface area (Å²) in [6, 6.07) is -0.209. The Morgan fingerprint density at radius 2 is 2.05 bits per heavy atom. The van der Waals surface area contributed by atoms with Crippen molar-refractivity contribution in [3.8, 4) is 0 Å². The molecule has 0 spiro atoms. The van der Waals surface area contributed by atoms with Gasteiger partial charge in [-0.05, 0) is 26.3 Å². The maximum Gasteiger partial charge on any atom is 0.404 e. The van der Waals surface area contributed by atoms with Crippen molar-refractivity contribution in [3.63, 3.8) is 0 Å². The summed E-state index contributed by atoms with van der Waals surface area (Å²) in [5.74, 6) is -0.877. The SMILES string of the molecule is CCCCCCC(C)NC(=O)C1(C(F)(F)F)CCNC1. The normalized spacial score (nSPS) is 24.6. The van der Waals surface area contributed by atoms with Crippen molar-refractivity contribution in [3.05, 3.63) is 0 Å². The van der Waals surface area contributed by atoms with E-state index in [1.807, 2.05) is 0 Å². The molecule has 1 fully saturated rings. The van der Waals surface area contributed by atoms with Gasteiger partial charge in [0.25, 0.3) is 0 Å². The van der Waals surface area contributed by atoms with Crippen LogP contribution in [0.5, 0.6) is 0 Å². The van der Waals surface area contributed by atoms with Gasteiger partial charge in [0.05, 0.1) is 0 Å². The summed E-state index contributed by atoms with van der Waals surface area (Å²) in [6.07, 6.45) is 0.288. The van der Waals surface area contributed by atoms with Crippen molar-refractivity contribution in [2.24, 2.45) is 5.41 Å². The number of carbonyl (C=O) groups excluding carboxylic acids is 1. The van der Waals surface area contributed by atoms with Crippen LogP contribution in [0.1, 0.15) is 52.4 Å². The van der Waals surface area contributed by atoms with E-state index < -0.39 is 17.5 Å². The Morgan fingerprint density at radius 1 is 1.35 bits per heavy atom. The Balaban J connectivity index is 2.51. The molecule has 0 aromatic rings. The van der Waals surface area contributed by atoms with Gasteiger partial charge in [0, 0.05) is 12.6 Å².